The van der Waals surface area contributed by atoms with Crippen molar-refractivity contribution in [2.75, 3.05) is 5.75 Å². The molecule has 13 heavy (non-hydrogen) atoms. The van der Waals surface area contributed by atoms with Crippen LogP contribution in [0, 0.1) is 5.41 Å². The summed E-state index contributed by atoms with van der Waals surface area (Å²) < 4.78 is 1.62. The van der Waals surface area contributed by atoms with Crippen LogP contribution >= 0.6 is 11.8 Å². The first-order chi connectivity index (χ1) is 6.20. The lowest BCUT2D eigenvalue weighted by Gasteiger charge is -1.98. The average molecular weight is 200 g/mol. The molecule has 72 valence electrons. The summed E-state index contributed by atoms with van der Waals surface area (Å²) in [6, 6.07) is 0. The fraction of sp³-hybridized carbons (Fsp3) is 0.667. The second kappa shape index (κ2) is 4.80. The van der Waals surface area contributed by atoms with Gasteiger partial charge in [0.1, 0.15) is 0 Å². The molecular formula is C6H12N6S. The first-order valence-corrected chi connectivity index (χ1v) is 4.87. The molecule has 0 aromatic carbocycles. The predicted octanol–water partition coefficient (Wildman–Crippen LogP) is 0.0184. The zero-order chi connectivity index (χ0) is 9.68. The highest BCUT2D eigenvalue weighted by atomic mass is 32.2. The maximum absolute atomic E-state index is 7.01. The Balaban J connectivity index is 2.20. The van der Waals surface area contributed by atoms with Crippen molar-refractivity contribution in [3.8, 4) is 0 Å². The Kier molecular flexibility index (Phi) is 3.69. The average Bonchev–Trinajstić information content (AvgIpc) is 2.45. The predicted molar refractivity (Wildman–Crippen MR) is 50.7 cm³/mol. The van der Waals surface area contributed by atoms with E-state index in [9.17, 15) is 0 Å². The van der Waals surface area contributed by atoms with Gasteiger partial charge < -0.3 is 5.73 Å². The van der Waals surface area contributed by atoms with Gasteiger partial charge >= 0.3 is 0 Å². The molecule has 7 heteroatoms. The maximum atomic E-state index is 7.01. The van der Waals surface area contributed by atoms with E-state index in [4.69, 9.17) is 11.1 Å². The fourth-order valence-corrected chi connectivity index (χ4v) is 1.56. The monoisotopic (exact) mass is 200 g/mol. The summed E-state index contributed by atoms with van der Waals surface area (Å²) >= 11 is 1.57. The third-order valence-electron chi connectivity index (χ3n) is 1.40. The van der Waals surface area contributed by atoms with E-state index in [0.717, 1.165) is 17.3 Å². The van der Waals surface area contributed by atoms with Crippen LogP contribution in [0.1, 0.15) is 12.8 Å². The quantitative estimate of drug-likeness (QED) is 0.302. The Morgan fingerprint density at radius 2 is 2.46 bits per heavy atom. The summed E-state index contributed by atoms with van der Waals surface area (Å²) in [5, 5.41) is 18.8. The summed E-state index contributed by atoms with van der Waals surface area (Å²) in [5.41, 5.74) is 5.21. The van der Waals surface area contributed by atoms with Crippen LogP contribution in [0.3, 0.4) is 0 Å². The topological polar surface area (TPSA) is 93.5 Å². The minimum Gasteiger partial charge on any atom is -0.388 e. The lowest BCUT2D eigenvalue weighted by molar-refractivity contribution is 0.664. The van der Waals surface area contributed by atoms with Gasteiger partial charge in [-0.1, -0.05) is 11.8 Å². The van der Waals surface area contributed by atoms with E-state index in [0.29, 0.717) is 6.42 Å². The second-order valence-electron chi connectivity index (χ2n) is 2.56. The van der Waals surface area contributed by atoms with Gasteiger partial charge in [0.2, 0.25) is 5.16 Å². The minimum absolute atomic E-state index is 0.233. The van der Waals surface area contributed by atoms with Crippen LogP contribution in [0.25, 0.3) is 0 Å². The van der Waals surface area contributed by atoms with Crippen molar-refractivity contribution < 1.29 is 0 Å². The fourth-order valence-electron chi connectivity index (χ4n) is 0.770. The third-order valence-corrected chi connectivity index (χ3v) is 2.50. The van der Waals surface area contributed by atoms with Gasteiger partial charge in [-0.15, -0.1) is 5.10 Å². The number of rotatable bonds is 5. The molecule has 1 heterocycles. The molecule has 0 unspecified atom stereocenters. The van der Waals surface area contributed by atoms with E-state index in [1.807, 2.05) is 0 Å². The van der Waals surface area contributed by atoms with Crippen molar-refractivity contribution in [1.82, 2.24) is 20.2 Å². The van der Waals surface area contributed by atoms with Crippen LogP contribution in [-0.2, 0) is 7.05 Å². The van der Waals surface area contributed by atoms with E-state index in [1.165, 1.54) is 0 Å². The van der Waals surface area contributed by atoms with Crippen molar-refractivity contribution in [1.29, 1.82) is 5.41 Å². The van der Waals surface area contributed by atoms with Crippen molar-refractivity contribution in [2.24, 2.45) is 12.8 Å². The molecule has 0 aliphatic heterocycles. The van der Waals surface area contributed by atoms with E-state index in [-0.39, 0.29) is 5.84 Å². The first-order valence-electron chi connectivity index (χ1n) is 3.88. The lowest BCUT2D eigenvalue weighted by atomic mass is 10.3. The normalized spacial score (nSPS) is 10.2. The molecule has 0 fully saturated rings. The van der Waals surface area contributed by atoms with Gasteiger partial charge in [0.05, 0.1) is 5.84 Å². The van der Waals surface area contributed by atoms with E-state index in [1.54, 1.807) is 23.5 Å². The van der Waals surface area contributed by atoms with Crippen molar-refractivity contribution in [3.63, 3.8) is 0 Å². The molecule has 0 saturated heterocycles. The van der Waals surface area contributed by atoms with E-state index in [2.05, 4.69) is 15.5 Å². The zero-order valence-electron chi connectivity index (χ0n) is 7.40. The van der Waals surface area contributed by atoms with Gasteiger partial charge in [-0.25, -0.2) is 4.68 Å². The van der Waals surface area contributed by atoms with Crippen LogP contribution in [0.2, 0.25) is 0 Å². The van der Waals surface area contributed by atoms with Crippen LogP contribution in [-0.4, -0.2) is 31.8 Å². The van der Waals surface area contributed by atoms with Gasteiger partial charge in [-0.3, -0.25) is 5.41 Å². The largest absolute Gasteiger partial charge is 0.388 e. The van der Waals surface area contributed by atoms with Gasteiger partial charge in [0.25, 0.3) is 0 Å². The number of hydrogen-bond donors (Lipinski definition) is 2. The first kappa shape index (κ1) is 9.97. The summed E-state index contributed by atoms with van der Waals surface area (Å²) in [4.78, 5) is 0. The Labute approximate surface area is 80.4 Å². The van der Waals surface area contributed by atoms with E-state index < -0.39 is 0 Å². The molecule has 0 bridgehead atoms. The van der Waals surface area contributed by atoms with Gasteiger partial charge in [-0.2, -0.15) is 0 Å². The summed E-state index contributed by atoms with van der Waals surface area (Å²) in [6.45, 7) is 0. The molecule has 0 amide bonds. The number of aromatic nitrogens is 4. The van der Waals surface area contributed by atoms with Gasteiger partial charge in [0, 0.05) is 19.2 Å². The maximum Gasteiger partial charge on any atom is 0.209 e. The molecule has 0 radical (unpaired) electrons. The molecule has 1 aromatic heterocycles. The minimum atomic E-state index is 0.233. The number of nitrogens with zero attached hydrogens (tertiary/aromatic N) is 4. The number of nitrogens with one attached hydrogen (secondary N) is 1. The molecule has 0 saturated carbocycles. The molecule has 0 atom stereocenters. The number of thioether (sulfide) groups is 1. The number of aryl methyl sites for hydroxylation is 1. The van der Waals surface area contributed by atoms with Gasteiger partial charge in [0.15, 0.2) is 0 Å². The molecule has 3 N–H and O–H groups in total. The van der Waals surface area contributed by atoms with Crippen LogP contribution < -0.4 is 5.73 Å². The summed E-state index contributed by atoms with van der Waals surface area (Å²) in [6.07, 6.45) is 1.52. The highest BCUT2D eigenvalue weighted by molar-refractivity contribution is 7.99. The highest BCUT2D eigenvalue weighted by Crippen LogP contribution is 2.13. The molecule has 1 aromatic rings. The van der Waals surface area contributed by atoms with Crippen LogP contribution in [0.15, 0.2) is 5.16 Å². The molecule has 1 rings (SSSR count). The number of hydrogen-bond acceptors (Lipinski definition) is 5. The highest BCUT2D eigenvalue weighted by Gasteiger charge is 2.01. The number of nitrogens with two attached hydrogens (primary N) is 1. The van der Waals surface area contributed by atoms with Crippen molar-refractivity contribution >= 4 is 17.6 Å². The lowest BCUT2D eigenvalue weighted by Crippen LogP contribution is -2.09. The third kappa shape index (κ3) is 3.41. The zero-order valence-corrected chi connectivity index (χ0v) is 8.21. The Morgan fingerprint density at radius 3 is 3.00 bits per heavy atom. The summed E-state index contributed by atoms with van der Waals surface area (Å²) in [7, 11) is 1.80. The molecule has 0 aliphatic rings. The van der Waals surface area contributed by atoms with E-state index >= 15 is 0 Å². The smallest absolute Gasteiger partial charge is 0.209 e. The SMILES string of the molecule is Cn1nnnc1SCCCC(=N)N. The Morgan fingerprint density at radius 1 is 1.69 bits per heavy atom. The van der Waals surface area contributed by atoms with Crippen LogP contribution in [0.4, 0.5) is 0 Å². The molecule has 0 aliphatic carbocycles. The van der Waals surface area contributed by atoms with Crippen LogP contribution in [0.5, 0.6) is 0 Å². The molecule has 0 spiro atoms. The number of amidine groups is 1. The molecule has 6 nitrogen and oxygen atoms in total. The second-order valence-corrected chi connectivity index (χ2v) is 3.62. The van der Waals surface area contributed by atoms with Crippen molar-refractivity contribution in [3.05, 3.63) is 0 Å². The van der Waals surface area contributed by atoms with Crippen molar-refractivity contribution in [2.45, 2.75) is 18.0 Å². The molecular weight excluding hydrogens is 188 g/mol. The standard InChI is InChI=1S/C6H12N6S/c1-12-6(9-10-11-12)13-4-2-3-5(7)8/h2-4H2,1H3,(H3,7,8). The Hall–Kier alpha value is -1.11. The summed E-state index contributed by atoms with van der Waals surface area (Å²) in [5.74, 6) is 1.12. The number of tetrazole rings is 1. The Bertz CT molecular complexity index is 282. The van der Waals surface area contributed by atoms with Gasteiger partial charge in [-0.05, 0) is 16.8 Å².